The zero-order valence-corrected chi connectivity index (χ0v) is 14.2. The summed E-state index contributed by atoms with van der Waals surface area (Å²) >= 11 is 0. The highest BCUT2D eigenvalue weighted by Gasteiger charge is 2.32. The lowest BCUT2D eigenvalue weighted by molar-refractivity contribution is -0.148. The molecule has 1 saturated heterocycles. The van der Waals surface area contributed by atoms with Gasteiger partial charge in [-0.15, -0.1) is 0 Å². The predicted molar refractivity (Wildman–Crippen MR) is 86.8 cm³/mol. The van der Waals surface area contributed by atoms with Crippen LogP contribution in [-0.2, 0) is 14.3 Å². The van der Waals surface area contributed by atoms with Crippen molar-refractivity contribution in [3.63, 3.8) is 0 Å². The first-order valence-corrected chi connectivity index (χ1v) is 8.53. The third kappa shape index (κ3) is 4.45. The Labute approximate surface area is 134 Å². The van der Waals surface area contributed by atoms with Crippen LogP contribution in [0.15, 0.2) is 5.10 Å². The van der Waals surface area contributed by atoms with E-state index in [-0.39, 0.29) is 11.9 Å². The van der Waals surface area contributed by atoms with Crippen molar-refractivity contribution in [3.8, 4) is 0 Å². The Morgan fingerprint density at radius 2 is 1.95 bits per heavy atom. The topological polar surface area (TPSA) is 51.1 Å². The van der Waals surface area contributed by atoms with Gasteiger partial charge < -0.3 is 9.47 Å². The highest BCUT2D eigenvalue weighted by molar-refractivity contribution is 5.83. The number of rotatable bonds is 6. The molecule has 0 spiro atoms. The standard InChI is InChI=1S/C17H30N2O3/c1-13(18-19-10-6-8-15(19)12-21-2)11-14-7-4-5-9-16(14)17(20)22-3/h14-16H,4-12H2,1-3H3/b18-13+/t14-,15+,16+/m1/s1. The van der Waals surface area contributed by atoms with Crippen molar-refractivity contribution < 1.29 is 14.3 Å². The van der Waals surface area contributed by atoms with Crippen LogP contribution in [0.5, 0.6) is 0 Å². The molecule has 1 aliphatic heterocycles. The van der Waals surface area contributed by atoms with Gasteiger partial charge in [0.05, 0.1) is 25.7 Å². The zero-order chi connectivity index (χ0) is 15.9. The van der Waals surface area contributed by atoms with Crippen molar-refractivity contribution in [1.29, 1.82) is 0 Å². The van der Waals surface area contributed by atoms with Gasteiger partial charge in [0, 0.05) is 19.4 Å². The van der Waals surface area contributed by atoms with Crippen LogP contribution in [0.1, 0.15) is 51.9 Å². The Hall–Kier alpha value is -1.10. The van der Waals surface area contributed by atoms with Gasteiger partial charge in [-0.05, 0) is 44.9 Å². The largest absolute Gasteiger partial charge is 0.469 e. The summed E-state index contributed by atoms with van der Waals surface area (Å²) in [6.07, 6.45) is 7.64. The van der Waals surface area contributed by atoms with Crippen LogP contribution in [0.2, 0.25) is 0 Å². The number of carbonyl (C=O) groups is 1. The van der Waals surface area contributed by atoms with Gasteiger partial charge in [0.2, 0.25) is 0 Å². The normalized spacial score (nSPS) is 29.7. The average molecular weight is 310 g/mol. The Bertz CT molecular complexity index is 397. The van der Waals surface area contributed by atoms with E-state index >= 15 is 0 Å². The Morgan fingerprint density at radius 3 is 2.68 bits per heavy atom. The monoisotopic (exact) mass is 310 g/mol. The molecule has 0 aromatic heterocycles. The first-order valence-electron chi connectivity index (χ1n) is 8.53. The minimum atomic E-state index is -0.0454. The fourth-order valence-corrected chi connectivity index (χ4v) is 3.87. The smallest absolute Gasteiger partial charge is 0.308 e. The van der Waals surface area contributed by atoms with E-state index in [1.807, 2.05) is 0 Å². The second-order valence-electron chi connectivity index (χ2n) is 6.63. The number of hydrogen-bond donors (Lipinski definition) is 0. The molecule has 5 heteroatoms. The third-order valence-electron chi connectivity index (χ3n) is 4.97. The van der Waals surface area contributed by atoms with E-state index in [9.17, 15) is 4.79 Å². The molecular formula is C17H30N2O3. The molecule has 22 heavy (non-hydrogen) atoms. The molecule has 5 nitrogen and oxygen atoms in total. The molecule has 0 radical (unpaired) electrons. The number of ether oxygens (including phenoxy) is 2. The number of esters is 1. The maximum absolute atomic E-state index is 12.0. The van der Waals surface area contributed by atoms with E-state index in [0.717, 1.165) is 51.0 Å². The second kappa shape index (κ2) is 8.51. The number of carbonyl (C=O) groups excluding carboxylic acids is 1. The van der Waals surface area contributed by atoms with Crippen LogP contribution in [0.3, 0.4) is 0 Å². The van der Waals surface area contributed by atoms with Crippen molar-refractivity contribution in [2.75, 3.05) is 27.4 Å². The summed E-state index contributed by atoms with van der Waals surface area (Å²) in [7, 11) is 3.24. The van der Waals surface area contributed by atoms with Crippen LogP contribution in [0, 0.1) is 11.8 Å². The summed E-state index contributed by atoms with van der Waals surface area (Å²) in [6, 6.07) is 0.405. The molecule has 1 aliphatic carbocycles. The lowest BCUT2D eigenvalue weighted by Crippen LogP contribution is -2.31. The van der Waals surface area contributed by atoms with E-state index < -0.39 is 0 Å². The minimum absolute atomic E-state index is 0.0454. The first kappa shape index (κ1) is 17.3. The molecule has 0 N–H and O–H groups in total. The zero-order valence-electron chi connectivity index (χ0n) is 14.2. The quantitative estimate of drug-likeness (QED) is 0.559. The summed E-state index contributed by atoms with van der Waals surface area (Å²) < 4.78 is 10.3. The van der Waals surface area contributed by atoms with E-state index in [4.69, 9.17) is 14.6 Å². The van der Waals surface area contributed by atoms with Gasteiger partial charge in [0.15, 0.2) is 0 Å². The van der Waals surface area contributed by atoms with Gasteiger partial charge in [0.25, 0.3) is 0 Å². The van der Waals surface area contributed by atoms with Gasteiger partial charge in [-0.2, -0.15) is 5.10 Å². The lowest BCUT2D eigenvalue weighted by atomic mass is 9.77. The van der Waals surface area contributed by atoms with Crippen molar-refractivity contribution in [2.24, 2.45) is 16.9 Å². The molecule has 3 atom stereocenters. The van der Waals surface area contributed by atoms with Crippen LogP contribution in [0.25, 0.3) is 0 Å². The number of hydrogen-bond acceptors (Lipinski definition) is 5. The number of hydrazone groups is 1. The van der Waals surface area contributed by atoms with Crippen molar-refractivity contribution in [1.82, 2.24) is 5.01 Å². The molecule has 1 saturated carbocycles. The van der Waals surface area contributed by atoms with Gasteiger partial charge in [0.1, 0.15) is 0 Å². The van der Waals surface area contributed by atoms with E-state index in [0.29, 0.717) is 12.0 Å². The summed E-state index contributed by atoms with van der Waals surface area (Å²) in [6.45, 7) is 3.84. The molecule has 2 aliphatic rings. The number of nitrogens with zero attached hydrogens (tertiary/aromatic N) is 2. The maximum atomic E-state index is 12.0. The summed E-state index contributed by atoms with van der Waals surface area (Å²) in [4.78, 5) is 12.0. The van der Waals surface area contributed by atoms with Gasteiger partial charge in [-0.25, -0.2) is 0 Å². The van der Waals surface area contributed by atoms with Crippen LogP contribution < -0.4 is 0 Å². The van der Waals surface area contributed by atoms with E-state index in [1.165, 1.54) is 20.0 Å². The van der Waals surface area contributed by atoms with Crippen molar-refractivity contribution >= 4 is 11.7 Å². The van der Waals surface area contributed by atoms with Crippen LogP contribution in [-0.4, -0.2) is 50.1 Å². The van der Waals surface area contributed by atoms with Crippen LogP contribution >= 0.6 is 0 Å². The minimum Gasteiger partial charge on any atom is -0.469 e. The van der Waals surface area contributed by atoms with Crippen molar-refractivity contribution in [2.45, 2.75) is 57.9 Å². The fraction of sp³-hybridized carbons (Fsp3) is 0.882. The predicted octanol–water partition coefficient (Wildman–Crippen LogP) is 2.84. The highest BCUT2D eigenvalue weighted by Crippen LogP contribution is 2.33. The van der Waals surface area contributed by atoms with E-state index in [1.54, 1.807) is 7.11 Å². The van der Waals surface area contributed by atoms with Gasteiger partial charge in [-0.3, -0.25) is 9.80 Å². The molecule has 2 rings (SSSR count). The Kier molecular flexibility index (Phi) is 6.68. The SMILES string of the molecule is COC[C@@H]1CCCN1/N=C(\C)C[C@H]1CCCC[C@@H]1C(=O)OC. The lowest BCUT2D eigenvalue weighted by Gasteiger charge is -2.30. The fourth-order valence-electron chi connectivity index (χ4n) is 3.87. The summed E-state index contributed by atoms with van der Waals surface area (Å²) in [5, 5.41) is 6.98. The molecule has 0 bridgehead atoms. The van der Waals surface area contributed by atoms with Crippen molar-refractivity contribution in [3.05, 3.63) is 0 Å². The first-order chi connectivity index (χ1) is 10.7. The Morgan fingerprint density at radius 1 is 1.18 bits per heavy atom. The molecule has 0 amide bonds. The maximum Gasteiger partial charge on any atom is 0.308 e. The summed E-state index contributed by atoms with van der Waals surface area (Å²) in [5.41, 5.74) is 1.13. The average Bonchev–Trinajstić information content (AvgIpc) is 2.94. The van der Waals surface area contributed by atoms with E-state index in [2.05, 4.69) is 11.9 Å². The second-order valence-corrected chi connectivity index (χ2v) is 6.63. The van der Waals surface area contributed by atoms with Gasteiger partial charge >= 0.3 is 5.97 Å². The van der Waals surface area contributed by atoms with Crippen LogP contribution in [0.4, 0.5) is 0 Å². The molecule has 1 heterocycles. The number of methoxy groups -OCH3 is 2. The molecular weight excluding hydrogens is 280 g/mol. The van der Waals surface area contributed by atoms with Gasteiger partial charge in [-0.1, -0.05) is 12.8 Å². The Balaban J connectivity index is 1.95. The molecule has 0 aromatic carbocycles. The molecule has 0 aromatic rings. The highest BCUT2D eigenvalue weighted by atomic mass is 16.5. The third-order valence-corrected chi connectivity index (χ3v) is 4.97. The summed E-state index contributed by atoms with van der Waals surface area (Å²) in [5.74, 6) is 0.390. The molecule has 0 unspecified atom stereocenters. The molecule has 126 valence electrons. The molecule has 2 fully saturated rings.